The highest BCUT2D eigenvalue weighted by atomic mass is 16.4. The molecule has 2 rings (SSSR count). The van der Waals surface area contributed by atoms with Crippen LogP contribution in [0.4, 0.5) is 5.69 Å². The van der Waals surface area contributed by atoms with Crippen molar-refractivity contribution in [2.24, 2.45) is 5.41 Å². The lowest BCUT2D eigenvalue weighted by atomic mass is 9.90. The van der Waals surface area contributed by atoms with Crippen LogP contribution in [0.2, 0.25) is 0 Å². The summed E-state index contributed by atoms with van der Waals surface area (Å²) in [6.07, 6.45) is 0.999. The van der Waals surface area contributed by atoms with Crippen molar-refractivity contribution in [2.45, 2.75) is 27.2 Å². The van der Waals surface area contributed by atoms with Gasteiger partial charge in [-0.15, -0.1) is 10.2 Å². The van der Waals surface area contributed by atoms with Crippen LogP contribution in [0.3, 0.4) is 0 Å². The number of carboxylic acids is 1. The van der Waals surface area contributed by atoms with Crippen LogP contribution in [0.25, 0.3) is 10.9 Å². The zero-order chi connectivity index (χ0) is 14.8. The summed E-state index contributed by atoms with van der Waals surface area (Å²) in [6, 6.07) is 7.41. The molecule has 2 aromatic rings. The van der Waals surface area contributed by atoms with E-state index in [2.05, 4.69) is 36.3 Å². The third-order valence-electron chi connectivity index (χ3n) is 3.57. The maximum absolute atomic E-state index is 11.3. The van der Waals surface area contributed by atoms with Gasteiger partial charge in [0.1, 0.15) is 0 Å². The standard InChI is InChI=1S/C15H19N3O2/c1-4-15(2,3)9-16-12-10-7-5-6-8-11(10)17-18-13(12)14(19)20/h5-8H,4,9H2,1-3H3,(H,16,17)(H,19,20). The number of fused-ring (bicyclic) bond motifs is 1. The summed E-state index contributed by atoms with van der Waals surface area (Å²) < 4.78 is 0. The van der Waals surface area contributed by atoms with Crippen LogP contribution in [-0.4, -0.2) is 27.8 Å². The third-order valence-corrected chi connectivity index (χ3v) is 3.57. The molecule has 0 saturated heterocycles. The number of anilines is 1. The van der Waals surface area contributed by atoms with E-state index in [9.17, 15) is 9.90 Å². The molecule has 0 bridgehead atoms. The Bertz CT molecular complexity index is 638. The minimum absolute atomic E-state index is 0.0318. The molecule has 0 spiro atoms. The van der Waals surface area contributed by atoms with Gasteiger partial charge in [0.15, 0.2) is 5.69 Å². The number of nitrogens with zero attached hydrogens (tertiary/aromatic N) is 2. The number of carboxylic acid groups (broad SMARTS) is 1. The summed E-state index contributed by atoms with van der Waals surface area (Å²) in [5.41, 5.74) is 1.29. The monoisotopic (exact) mass is 273 g/mol. The molecule has 0 fully saturated rings. The second-order valence-corrected chi connectivity index (χ2v) is 5.62. The number of carbonyl (C=O) groups is 1. The van der Waals surface area contributed by atoms with E-state index in [4.69, 9.17) is 0 Å². The summed E-state index contributed by atoms with van der Waals surface area (Å²) in [5.74, 6) is -1.07. The van der Waals surface area contributed by atoms with Gasteiger partial charge in [0.05, 0.1) is 11.2 Å². The topological polar surface area (TPSA) is 75.1 Å². The molecule has 2 N–H and O–H groups in total. The Morgan fingerprint density at radius 3 is 2.65 bits per heavy atom. The fourth-order valence-electron chi connectivity index (χ4n) is 1.83. The number of benzene rings is 1. The number of rotatable bonds is 5. The fraction of sp³-hybridized carbons (Fsp3) is 0.400. The van der Waals surface area contributed by atoms with Gasteiger partial charge in [-0.1, -0.05) is 39.0 Å². The maximum Gasteiger partial charge on any atom is 0.358 e. The van der Waals surface area contributed by atoms with Crippen LogP contribution in [0.5, 0.6) is 0 Å². The Balaban J connectivity index is 2.47. The molecule has 0 unspecified atom stereocenters. The molecular formula is C15H19N3O2. The largest absolute Gasteiger partial charge is 0.476 e. The van der Waals surface area contributed by atoms with Crippen molar-refractivity contribution in [3.8, 4) is 0 Å². The zero-order valence-electron chi connectivity index (χ0n) is 12.0. The van der Waals surface area contributed by atoms with Gasteiger partial charge in [-0.25, -0.2) is 4.79 Å². The second kappa shape index (κ2) is 5.45. The quantitative estimate of drug-likeness (QED) is 0.875. The molecule has 1 aromatic heterocycles. The van der Waals surface area contributed by atoms with Gasteiger partial charge in [0.25, 0.3) is 0 Å². The lowest BCUT2D eigenvalue weighted by Gasteiger charge is -2.24. The van der Waals surface area contributed by atoms with Crippen LogP contribution in [0, 0.1) is 5.41 Å². The Morgan fingerprint density at radius 1 is 1.30 bits per heavy atom. The van der Waals surface area contributed by atoms with Crippen LogP contribution in [-0.2, 0) is 0 Å². The number of hydrogen-bond acceptors (Lipinski definition) is 4. The normalized spacial score (nSPS) is 11.6. The fourth-order valence-corrected chi connectivity index (χ4v) is 1.83. The second-order valence-electron chi connectivity index (χ2n) is 5.62. The smallest absolute Gasteiger partial charge is 0.358 e. The Labute approximate surface area is 118 Å². The van der Waals surface area contributed by atoms with Crippen molar-refractivity contribution in [2.75, 3.05) is 11.9 Å². The van der Waals surface area contributed by atoms with Gasteiger partial charge in [0, 0.05) is 11.9 Å². The molecule has 5 nitrogen and oxygen atoms in total. The van der Waals surface area contributed by atoms with Gasteiger partial charge in [-0.05, 0) is 17.9 Å². The first-order valence-electron chi connectivity index (χ1n) is 6.67. The first-order chi connectivity index (χ1) is 9.44. The summed E-state index contributed by atoms with van der Waals surface area (Å²) in [5, 5.41) is 21.1. The molecule has 0 aliphatic heterocycles. The predicted molar refractivity (Wildman–Crippen MR) is 79.1 cm³/mol. The van der Waals surface area contributed by atoms with Crippen molar-refractivity contribution < 1.29 is 9.90 Å². The molecular weight excluding hydrogens is 254 g/mol. The average molecular weight is 273 g/mol. The van der Waals surface area contributed by atoms with Gasteiger partial charge >= 0.3 is 5.97 Å². The van der Waals surface area contributed by atoms with Gasteiger partial charge in [-0.3, -0.25) is 0 Å². The summed E-state index contributed by atoms with van der Waals surface area (Å²) in [4.78, 5) is 11.3. The Morgan fingerprint density at radius 2 is 2.00 bits per heavy atom. The highest BCUT2D eigenvalue weighted by molar-refractivity contribution is 6.02. The van der Waals surface area contributed by atoms with Crippen molar-refractivity contribution in [3.05, 3.63) is 30.0 Å². The van der Waals surface area contributed by atoms with E-state index >= 15 is 0 Å². The van der Waals surface area contributed by atoms with E-state index in [-0.39, 0.29) is 11.1 Å². The van der Waals surface area contributed by atoms with Crippen molar-refractivity contribution in [1.29, 1.82) is 0 Å². The molecule has 0 atom stereocenters. The van der Waals surface area contributed by atoms with E-state index in [1.54, 1.807) is 0 Å². The first kappa shape index (κ1) is 14.2. The third kappa shape index (κ3) is 2.87. The molecule has 0 radical (unpaired) electrons. The lowest BCUT2D eigenvalue weighted by molar-refractivity contribution is 0.0690. The van der Waals surface area contributed by atoms with E-state index in [0.717, 1.165) is 11.8 Å². The van der Waals surface area contributed by atoms with Crippen molar-refractivity contribution >= 4 is 22.6 Å². The molecule has 1 aromatic carbocycles. The van der Waals surface area contributed by atoms with Gasteiger partial charge in [0.2, 0.25) is 0 Å². The molecule has 1 heterocycles. The number of aromatic nitrogens is 2. The van der Waals surface area contributed by atoms with Crippen molar-refractivity contribution in [3.63, 3.8) is 0 Å². The van der Waals surface area contributed by atoms with E-state index in [1.807, 2.05) is 24.3 Å². The molecule has 0 amide bonds. The number of nitrogens with one attached hydrogen (secondary N) is 1. The zero-order valence-corrected chi connectivity index (χ0v) is 12.0. The van der Waals surface area contributed by atoms with Crippen LogP contribution >= 0.6 is 0 Å². The lowest BCUT2D eigenvalue weighted by Crippen LogP contribution is -2.23. The number of hydrogen-bond donors (Lipinski definition) is 2. The molecule has 0 aliphatic rings. The minimum Gasteiger partial charge on any atom is -0.476 e. The van der Waals surface area contributed by atoms with E-state index in [0.29, 0.717) is 17.7 Å². The molecule has 0 saturated carbocycles. The molecule has 5 heteroatoms. The highest BCUT2D eigenvalue weighted by Crippen LogP contribution is 2.27. The van der Waals surface area contributed by atoms with E-state index < -0.39 is 5.97 Å². The van der Waals surface area contributed by atoms with Crippen LogP contribution in [0.15, 0.2) is 24.3 Å². The predicted octanol–water partition coefficient (Wildman–Crippen LogP) is 3.18. The SMILES string of the molecule is CCC(C)(C)CNc1c(C(=O)O)nnc2ccccc12. The minimum atomic E-state index is -1.07. The van der Waals surface area contributed by atoms with Crippen LogP contribution < -0.4 is 5.32 Å². The first-order valence-corrected chi connectivity index (χ1v) is 6.67. The Kier molecular flexibility index (Phi) is 3.88. The molecule has 106 valence electrons. The average Bonchev–Trinajstić information content (AvgIpc) is 2.44. The maximum atomic E-state index is 11.3. The van der Waals surface area contributed by atoms with Crippen LogP contribution in [0.1, 0.15) is 37.7 Å². The van der Waals surface area contributed by atoms with Gasteiger partial charge < -0.3 is 10.4 Å². The summed E-state index contributed by atoms with van der Waals surface area (Å²) >= 11 is 0. The number of aromatic carboxylic acids is 1. The van der Waals surface area contributed by atoms with E-state index in [1.165, 1.54) is 0 Å². The molecule has 20 heavy (non-hydrogen) atoms. The Hall–Kier alpha value is -2.17. The van der Waals surface area contributed by atoms with Gasteiger partial charge in [-0.2, -0.15) is 0 Å². The summed E-state index contributed by atoms with van der Waals surface area (Å²) in [6.45, 7) is 7.07. The summed E-state index contributed by atoms with van der Waals surface area (Å²) in [7, 11) is 0. The highest BCUT2D eigenvalue weighted by Gasteiger charge is 2.20. The molecule has 0 aliphatic carbocycles. The van der Waals surface area contributed by atoms with Crippen molar-refractivity contribution in [1.82, 2.24) is 10.2 Å².